The topological polar surface area (TPSA) is 134 Å². The van der Waals surface area contributed by atoms with Gasteiger partial charge in [0.15, 0.2) is 6.29 Å². The average Bonchev–Trinajstić information content (AvgIpc) is 3.38. The summed E-state index contributed by atoms with van der Waals surface area (Å²) in [6, 6.07) is 4.91. The van der Waals surface area contributed by atoms with Crippen molar-refractivity contribution in [1.82, 2.24) is 19.3 Å². The minimum atomic E-state index is -0.526. The number of amides is 1. The van der Waals surface area contributed by atoms with Gasteiger partial charge in [-0.15, -0.1) is 0 Å². The summed E-state index contributed by atoms with van der Waals surface area (Å²) >= 11 is 0. The molecule has 3 N–H and O–H groups in total. The molecule has 3 heterocycles. The lowest BCUT2D eigenvalue weighted by molar-refractivity contribution is -0.108. The minimum Gasteiger partial charge on any atom is -0.489 e. The first-order chi connectivity index (χ1) is 15.4. The van der Waals surface area contributed by atoms with Crippen molar-refractivity contribution in [2.24, 2.45) is 5.73 Å². The second-order valence-electron chi connectivity index (χ2n) is 6.77. The molecule has 0 fully saturated rings. The second-order valence-corrected chi connectivity index (χ2v) is 6.77. The summed E-state index contributed by atoms with van der Waals surface area (Å²) in [7, 11) is 1.76. The number of aromatic nitrogens is 4. The molecule has 10 nitrogen and oxygen atoms in total. The molecule has 4 rings (SSSR count). The molecule has 1 amide bonds. The summed E-state index contributed by atoms with van der Waals surface area (Å²) in [5.74, 6) is 0.674. The van der Waals surface area contributed by atoms with E-state index in [4.69, 9.17) is 10.5 Å². The van der Waals surface area contributed by atoms with Crippen molar-refractivity contribution in [3.8, 4) is 5.75 Å². The highest BCUT2D eigenvalue weighted by atomic mass is 16.5. The zero-order valence-corrected chi connectivity index (χ0v) is 19.1. The molecule has 0 radical (unpaired) electrons. The summed E-state index contributed by atoms with van der Waals surface area (Å²) < 4.78 is 9.27. The number of ether oxygens (including phenoxy) is 1. The first kappa shape index (κ1) is 24.6. The molecule has 32 heavy (non-hydrogen) atoms. The number of anilines is 1. The smallest absolute Gasteiger partial charge is 0.248 e. The summed E-state index contributed by atoms with van der Waals surface area (Å²) in [6.45, 7) is 8.94. The van der Waals surface area contributed by atoms with E-state index in [2.05, 4.69) is 15.4 Å². The predicted molar refractivity (Wildman–Crippen MR) is 122 cm³/mol. The standard InChI is InChI=1S/C13H14N4O3.C7H10N2O.C2H6/c1-15-13-16-9-4-7(12(14)19)5-10-11(9)17(13)8(2-3-18)6-20-10;1-3-9-7(5-10)4-6(2)8-9;1-2/h3-5,8H,2,6H2,1H3,(H2,14,19)(H,15,16);4-5H,3H2,1-2H3;1-2H3. The number of primary amides is 1. The van der Waals surface area contributed by atoms with Gasteiger partial charge in [-0.25, -0.2) is 4.98 Å². The largest absolute Gasteiger partial charge is 0.489 e. The number of aldehydes is 2. The molecule has 2 aromatic heterocycles. The zero-order valence-electron chi connectivity index (χ0n) is 19.1. The van der Waals surface area contributed by atoms with Crippen LogP contribution >= 0.6 is 0 Å². The average molecular weight is 443 g/mol. The van der Waals surface area contributed by atoms with Crippen LogP contribution in [-0.2, 0) is 11.3 Å². The lowest BCUT2D eigenvalue weighted by Crippen LogP contribution is -2.24. The summed E-state index contributed by atoms with van der Waals surface area (Å²) in [6.07, 6.45) is 2.03. The number of nitrogens with zero attached hydrogens (tertiary/aromatic N) is 4. The molecule has 0 saturated carbocycles. The molecule has 1 aliphatic heterocycles. The van der Waals surface area contributed by atoms with E-state index in [0.717, 1.165) is 30.3 Å². The van der Waals surface area contributed by atoms with Gasteiger partial charge in [0, 0.05) is 25.6 Å². The Morgan fingerprint density at radius 1 is 1.31 bits per heavy atom. The molecule has 1 aromatic carbocycles. The molecule has 1 atom stereocenters. The first-order valence-corrected chi connectivity index (χ1v) is 10.5. The highest BCUT2D eigenvalue weighted by Gasteiger charge is 2.27. The SMILES string of the molecule is CC.CCn1nc(C)cc1C=O.CNc1nc2cc(C(N)=O)cc3c2n1C(CC=O)CO3. The van der Waals surface area contributed by atoms with Gasteiger partial charge in [0.25, 0.3) is 0 Å². The molecular weight excluding hydrogens is 412 g/mol. The van der Waals surface area contributed by atoms with Crippen LogP contribution in [0.2, 0.25) is 0 Å². The highest BCUT2D eigenvalue weighted by Crippen LogP contribution is 2.37. The van der Waals surface area contributed by atoms with Crippen molar-refractivity contribution in [1.29, 1.82) is 0 Å². The van der Waals surface area contributed by atoms with Crippen LogP contribution in [0.5, 0.6) is 5.75 Å². The lowest BCUT2D eigenvalue weighted by atomic mass is 10.1. The van der Waals surface area contributed by atoms with E-state index in [0.29, 0.717) is 41.5 Å². The van der Waals surface area contributed by atoms with Crippen molar-refractivity contribution in [2.75, 3.05) is 19.0 Å². The number of imidazole rings is 1. The minimum absolute atomic E-state index is 0.105. The molecule has 10 heteroatoms. The fraction of sp³-hybridized carbons (Fsp3) is 0.409. The summed E-state index contributed by atoms with van der Waals surface area (Å²) in [5, 5.41) is 7.08. The third kappa shape index (κ3) is 4.96. The van der Waals surface area contributed by atoms with Crippen LogP contribution in [-0.4, -0.2) is 51.5 Å². The van der Waals surface area contributed by atoms with Crippen molar-refractivity contribution >= 4 is 35.5 Å². The number of hydrogen-bond acceptors (Lipinski definition) is 7. The van der Waals surface area contributed by atoms with Crippen LogP contribution in [0.4, 0.5) is 5.95 Å². The number of rotatable bonds is 6. The van der Waals surface area contributed by atoms with Crippen LogP contribution in [0, 0.1) is 6.92 Å². The number of aryl methyl sites for hydroxylation is 2. The lowest BCUT2D eigenvalue weighted by Gasteiger charge is -2.25. The first-order valence-electron chi connectivity index (χ1n) is 10.5. The van der Waals surface area contributed by atoms with Gasteiger partial charge in [-0.2, -0.15) is 5.10 Å². The number of hydrogen-bond donors (Lipinski definition) is 2. The molecule has 1 unspecified atom stereocenters. The maximum absolute atomic E-state index is 11.3. The number of benzene rings is 1. The van der Waals surface area contributed by atoms with Crippen LogP contribution < -0.4 is 15.8 Å². The Kier molecular flexibility index (Phi) is 8.51. The van der Waals surface area contributed by atoms with Gasteiger partial charge in [-0.05, 0) is 32.0 Å². The van der Waals surface area contributed by atoms with Crippen LogP contribution in [0.15, 0.2) is 18.2 Å². The van der Waals surface area contributed by atoms with Gasteiger partial charge in [-0.3, -0.25) is 14.3 Å². The van der Waals surface area contributed by atoms with Gasteiger partial charge in [0.2, 0.25) is 11.9 Å². The van der Waals surface area contributed by atoms with Gasteiger partial charge in [-0.1, -0.05) is 13.8 Å². The van der Waals surface area contributed by atoms with E-state index in [-0.39, 0.29) is 6.04 Å². The van der Waals surface area contributed by atoms with Crippen LogP contribution in [0.25, 0.3) is 11.0 Å². The highest BCUT2D eigenvalue weighted by molar-refractivity contribution is 5.99. The molecule has 0 aliphatic carbocycles. The normalized spacial score (nSPS) is 13.7. The molecule has 172 valence electrons. The Labute approximate surface area is 186 Å². The summed E-state index contributed by atoms with van der Waals surface area (Å²) in [4.78, 5) is 36.9. The Bertz CT molecular complexity index is 1100. The van der Waals surface area contributed by atoms with Crippen molar-refractivity contribution in [3.63, 3.8) is 0 Å². The number of nitrogens with two attached hydrogens (primary N) is 1. The molecule has 0 spiro atoms. The van der Waals surface area contributed by atoms with E-state index in [1.165, 1.54) is 0 Å². The fourth-order valence-corrected chi connectivity index (χ4v) is 3.44. The maximum Gasteiger partial charge on any atom is 0.248 e. The molecular formula is C22H30N6O4. The Hall–Kier alpha value is -3.69. The monoisotopic (exact) mass is 442 g/mol. The van der Waals surface area contributed by atoms with E-state index >= 15 is 0 Å². The quantitative estimate of drug-likeness (QED) is 0.561. The fourth-order valence-electron chi connectivity index (χ4n) is 3.44. The van der Waals surface area contributed by atoms with Crippen LogP contribution in [0.1, 0.15) is 59.8 Å². The summed E-state index contributed by atoms with van der Waals surface area (Å²) in [5.41, 5.74) is 8.61. The number of carbonyl (C=O) groups is 3. The van der Waals surface area contributed by atoms with E-state index < -0.39 is 5.91 Å². The Morgan fingerprint density at radius 2 is 2.03 bits per heavy atom. The van der Waals surface area contributed by atoms with Crippen molar-refractivity contribution in [3.05, 3.63) is 35.2 Å². The van der Waals surface area contributed by atoms with E-state index in [9.17, 15) is 14.4 Å². The number of nitrogens with one attached hydrogen (secondary N) is 1. The molecule has 0 saturated heterocycles. The van der Waals surface area contributed by atoms with Gasteiger partial charge < -0.3 is 25.1 Å². The Morgan fingerprint density at radius 3 is 2.56 bits per heavy atom. The van der Waals surface area contributed by atoms with Gasteiger partial charge in [0.05, 0.1) is 17.3 Å². The molecule has 0 bridgehead atoms. The van der Waals surface area contributed by atoms with E-state index in [1.54, 1.807) is 29.9 Å². The van der Waals surface area contributed by atoms with E-state index in [1.807, 2.05) is 32.3 Å². The second kappa shape index (κ2) is 11.1. The Balaban J connectivity index is 0.000000255. The van der Waals surface area contributed by atoms with Crippen LogP contribution in [0.3, 0.4) is 0 Å². The third-order valence-electron chi connectivity index (χ3n) is 4.78. The third-order valence-corrected chi connectivity index (χ3v) is 4.78. The van der Waals surface area contributed by atoms with Gasteiger partial charge in [0.1, 0.15) is 29.9 Å². The maximum atomic E-state index is 11.3. The van der Waals surface area contributed by atoms with Gasteiger partial charge >= 0.3 is 0 Å². The number of carbonyl (C=O) groups excluding carboxylic acids is 3. The predicted octanol–water partition coefficient (Wildman–Crippen LogP) is 2.75. The van der Waals surface area contributed by atoms with Crippen molar-refractivity contribution < 1.29 is 19.1 Å². The zero-order chi connectivity index (χ0) is 23.8. The van der Waals surface area contributed by atoms with Crippen molar-refractivity contribution in [2.45, 2.75) is 46.7 Å². The molecule has 1 aliphatic rings. The molecule has 3 aromatic rings.